The summed E-state index contributed by atoms with van der Waals surface area (Å²) in [6.07, 6.45) is 14.2. The number of allylic oxidation sites excluding steroid dienone is 4. The van der Waals surface area contributed by atoms with Gasteiger partial charge in [-0.15, -0.1) is 11.3 Å². The Morgan fingerprint density at radius 3 is 2.45 bits per heavy atom. The molecule has 0 aliphatic heterocycles. The summed E-state index contributed by atoms with van der Waals surface area (Å²) in [5.74, 6) is -0.0152. The molecule has 0 N–H and O–H groups in total. The van der Waals surface area contributed by atoms with Crippen molar-refractivity contribution in [3.63, 3.8) is 0 Å². The average molecular weight is 587 g/mol. The summed E-state index contributed by atoms with van der Waals surface area (Å²) in [7, 11) is 0. The van der Waals surface area contributed by atoms with Gasteiger partial charge in [-0.1, -0.05) is 55.7 Å². The zero-order chi connectivity index (χ0) is 29.5. The van der Waals surface area contributed by atoms with Crippen molar-refractivity contribution in [1.29, 1.82) is 0 Å². The molecule has 5 nitrogen and oxygen atoms in total. The predicted octanol–water partition coefficient (Wildman–Crippen LogP) is 8.27. The highest BCUT2D eigenvalue weighted by Gasteiger charge is 2.30. The SMILES string of the molecule is CCOC(=O)CC(=O)C1CCCC(=O)C2=CC(C3CCCCC3)C=C2CC(=O)c2csc(c2)-c2cccc(c2)CCC1. The van der Waals surface area contributed by atoms with Crippen molar-refractivity contribution < 1.29 is 23.9 Å². The van der Waals surface area contributed by atoms with E-state index in [1.165, 1.54) is 24.8 Å². The molecule has 1 aromatic carbocycles. The Morgan fingerprint density at radius 1 is 0.881 bits per heavy atom. The fraction of sp³-hybridized carbons (Fsp3) is 0.500. The minimum atomic E-state index is -0.481. The van der Waals surface area contributed by atoms with Crippen LogP contribution in [0.4, 0.5) is 0 Å². The molecule has 1 heterocycles. The van der Waals surface area contributed by atoms with E-state index >= 15 is 0 Å². The maximum Gasteiger partial charge on any atom is 0.313 e. The van der Waals surface area contributed by atoms with Crippen LogP contribution in [-0.4, -0.2) is 29.9 Å². The molecule has 0 saturated heterocycles. The van der Waals surface area contributed by atoms with E-state index in [1.54, 1.807) is 18.3 Å². The summed E-state index contributed by atoms with van der Waals surface area (Å²) in [5.41, 5.74) is 4.55. The minimum absolute atomic E-state index is 0.0497. The van der Waals surface area contributed by atoms with E-state index in [-0.39, 0.29) is 48.6 Å². The lowest BCUT2D eigenvalue weighted by molar-refractivity contribution is -0.146. The number of carbonyl (C=O) groups excluding carboxylic acids is 4. The highest BCUT2D eigenvalue weighted by Crippen LogP contribution is 2.39. The topological polar surface area (TPSA) is 77.5 Å². The molecule has 0 spiro atoms. The van der Waals surface area contributed by atoms with Crippen LogP contribution in [0.15, 0.2) is 59.0 Å². The van der Waals surface area contributed by atoms with E-state index in [4.69, 9.17) is 4.74 Å². The monoisotopic (exact) mass is 586 g/mol. The van der Waals surface area contributed by atoms with Gasteiger partial charge >= 0.3 is 5.97 Å². The third kappa shape index (κ3) is 7.63. The summed E-state index contributed by atoms with van der Waals surface area (Å²) in [6, 6.07) is 10.4. The lowest BCUT2D eigenvalue weighted by atomic mass is 9.80. The molecule has 1 fully saturated rings. The third-order valence-electron chi connectivity index (χ3n) is 9.13. The number of benzene rings is 1. The minimum Gasteiger partial charge on any atom is -0.466 e. The molecule has 1 saturated carbocycles. The van der Waals surface area contributed by atoms with Crippen LogP contribution in [0.1, 0.15) is 99.9 Å². The Hall–Kier alpha value is -3.12. The number of rotatable bonds is 5. The number of aryl methyl sites for hydroxylation is 1. The van der Waals surface area contributed by atoms with Crippen molar-refractivity contribution in [3.05, 3.63) is 70.1 Å². The molecular weight excluding hydrogens is 544 g/mol. The van der Waals surface area contributed by atoms with E-state index in [1.807, 2.05) is 17.5 Å². The number of carbonyl (C=O) groups is 4. The number of thiophene rings is 1. The number of ketones is 3. The van der Waals surface area contributed by atoms with Crippen LogP contribution in [-0.2, 0) is 25.5 Å². The lowest BCUT2D eigenvalue weighted by Crippen LogP contribution is -2.20. The number of hydrogen-bond donors (Lipinski definition) is 0. The van der Waals surface area contributed by atoms with Gasteiger partial charge in [0.05, 0.1) is 6.61 Å². The number of hydrogen-bond acceptors (Lipinski definition) is 6. The number of fused-ring (bicyclic) bond motifs is 6. The number of Topliss-reactive ketones (excluding diaryl/α,β-unsaturated/α-hetero) is 3. The van der Waals surface area contributed by atoms with Crippen molar-refractivity contribution in [2.45, 2.75) is 90.4 Å². The van der Waals surface area contributed by atoms with Crippen LogP contribution in [0.25, 0.3) is 10.4 Å². The van der Waals surface area contributed by atoms with Gasteiger partial charge in [0.25, 0.3) is 0 Å². The Morgan fingerprint density at radius 2 is 1.67 bits per heavy atom. The predicted molar refractivity (Wildman–Crippen MR) is 166 cm³/mol. The van der Waals surface area contributed by atoms with E-state index in [2.05, 4.69) is 30.4 Å². The first kappa shape index (κ1) is 30.3. The fourth-order valence-electron chi connectivity index (χ4n) is 6.84. The average Bonchev–Trinajstić information content (AvgIpc) is 3.65. The van der Waals surface area contributed by atoms with Crippen LogP contribution in [0.2, 0.25) is 0 Å². The normalized spacial score (nSPS) is 22.4. The number of esters is 1. The van der Waals surface area contributed by atoms with E-state index in [9.17, 15) is 19.2 Å². The van der Waals surface area contributed by atoms with Gasteiger partial charge in [0.15, 0.2) is 11.6 Å². The van der Waals surface area contributed by atoms with Crippen LogP contribution < -0.4 is 0 Å². The number of ether oxygens (including phenoxy) is 1. The van der Waals surface area contributed by atoms with Crippen LogP contribution in [0, 0.1) is 17.8 Å². The summed E-state index contributed by atoms with van der Waals surface area (Å²) >= 11 is 1.57. The Bertz CT molecular complexity index is 1370. The second-order valence-corrected chi connectivity index (χ2v) is 13.0. The van der Waals surface area contributed by atoms with Gasteiger partial charge in [-0.3, -0.25) is 19.2 Å². The Labute approximate surface area is 253 Å². The molecule has 5 rings (SSSR count). The van der Waals surface area contributed by atoms with E-state index in [0.29, 0.717) is 42.7 Å². The molecular formula is C36H42O5S. The van der Waals surface area contributed by atoms with Gasteiger partial charge in [-0.2, -0.15) is 0 Å². The molecule has 42 heavy (non-hydrogen) atoms. The highest BCUT2D eigenvalue weighted by molar-refractivity contribution is 7.13. The zero-order valence-corrected chi connectivity index (χ0v) is 25.5. The first-order valence-electron chi connectivity index (χ1n) is 15.8. The fourth-order valence-corrected chi connectivity index (χ4v) is 7.75. The lowest BCUT2D eigenvalue weighted by Gasteiger charge is -2.25. The second-order valence-electron chi connectivity index (χ2n) is 12.1. The van der Waals surface area contributed by atoms with Crippen LogP contribution >= 0.6 is 11.3 Å². The van der Waals surface area contributed by atoms with Gasteiger partial charge < -0.3 is 4.74 Å². The molecule has 222 valence electrons. The van der Waals surface area contributed by atoms with Crippen molar-refractivity contribution in [3.8, 4) is 10.4 Å². The largest absolute Gasteiger partial charge is 0.466 e. The second kappa shape index (κ2) is 14.4. The summed E-state index contributed by atoms with van der Waals surface area (Å²) < 4.78 is 5.04. The van der Waals surface area contributed by atoms with Crippen LogP contribution in [0.5, 0.6) is 0 Å². The molecule has 6 heteroatoms. The van der Waals surface area contributed by atoms with Crippen LogP contribution in [0.3, 0.4) is 0 Å². The maximum absolute atomic E-state index is 13.6. The molecule has 3 aliphatic carbocycles. The first-order valence-corrected chi connectivity index (χ1v) is 16.6. The molecule has 1 aromatic heterocycles. The molecule has 4 bridgehead atoms. The smallest absolute Gasteiger partial charge is 0.313 e. The molecule has 2 atom stereocenters. The van der Waals surface area contributed by atoms with Gasteiger partial charge in [0, 0.05) is 40.2 Å². The first-order chi connectivity index (χ1) is 20.4. The Kier molecular flexibility index (Phi) is 10.4. The van der Waals surface area contributed by atoms with E-state index < -0.39 is 5.97 Å². The van der Waals surface area contributed by atoms with Gasteiger partial charge in [-0.05, 0) is 86.5 Å². The molecule has 3 aliphatic rings. The Balaban J connectivity index is 1.41. The molecule has 2 aromatic rings. The van der Waals surface area contributed by atoms with Gasteiger partial charge in [-0.25, -0.2) is 0 Å². The molecule has 0 radical (unpaired) electrons. The van der Waals surface area contributed by atoms with Crippen molar-refractivity contribution in [2.24, 2.45) is 17.8 Å². The summed E-state index contributed by atoms with van der Waals surface area (Å²) in [6.45, 7) is 1.99. The van der Waals surface area contributed by atoms with Crippen molar-refractivity contribution >= 4 is 34.7 Å². The summed E-state index contributed by atoms with van der Waals surface area (Å²) in [4.78, 5) is 53.4. The molecule has 2 unspecified atom stereocenters. The van der Waals surface area contributed by atoms with Gasteiger partial charge in [0.1, 0.15) is 12.2 Å². The molecule has 0 amide bonds. The maximum atomic E-state index is 13.6. The third-order valence-corrected chi connectivity index (χ3v) is 10.1. The summed E-state index contributed by atoms with van der Waals surface area (Å²) in [5, 5.41) is 1.94. The van der Waals surface area contributed by atoms with Crippen molar-refractivity contribution in [1.82, 2.24) is 0 Å². The quantitative estimate of drug-likeness (QED) is 0.260. The van der Waals surface area contributed by atoms with Crippen molar-refractivity contribution in [2.75, 3.05) is 6.61 Å². The van der Waals surface area contributed by atoms with E-state index in [0.717, 1.165) is 41.7 Å². The highest BCUT2D eigenvalue weighted by atomic mass is 32.1. The standard InChI is InChI=1S/C36H42O5S/c1-2-41-36(40)22-34(39)26-13-6-9-24-10-7-15-27(17-24)35-21-30(23-42-35)33(38)20-29-18-28(25-11-4-3-5-12-25)19-31(29)32(37)16-8-14-26/h7,10,15,17-19,21,23,25-26,28H,2-6,8-9,11-14,16,20,22H2,1H3. The zero-order valence-electron chi connectivity index (χ0n) is 24.7. The van der Waals surface area contributed by atoms with Gasteiger partial charge in [0.2, 0.25) is 0 Å².